The summed E-state index contributed by atoms with van der Waals surface area (Å²) in [4.78, 5) is 34.5. The van der Waals surface area contributed by atoms with Gasteiger partial charge in [0.2, 0.25) is 5.91 Å². The third-order valence-corrected chi connectivity index (χ3v) is 3.94. The van der Waals surface area contributed by atoms with Crippen LogP contribution in [-0.2, 0) is 4.79 Å². The van der Waals surface area contributed by atoms with Crippen LogP contribution in [0.2, 0.25) is 0 Å². The number of fused-ring (bicyclic) bond motifs is 1. The standard InChI is InChI=1S/C19H17N5O4/c25-17(10-9-13-5-1-4-8-16(13)24(27)28)20-11-12-21-19(26)18-14-6-2-3-7-15(14)22-23-18/h1-10H,11-12H2,(H,20,25)(H,21,26)(H,22,23)/b10-9+. The molecule has 0 atom stereocenters. The Morgan fingerprint density at radius 2 is 1.79 bits per heavy atom. The van der Waals surface area contributed by atoms with E-state index in [1.54, 1.807) is 24.3 Å². The van der Waals surface area contributed by atoms with E-state index in [0.717, 1.165) is 10.9 Å². The predicted molar refractivity (Wildman–Crippen MR) is 104 cm³/mol. The molecule has 0 radical (unpaired) electrons. The molecule has 2 aromatic carbocycles. The number of carbonyl (C=O) groups is 2. The Morgan fingerprint density at radius 3 is 2.61 bits per heavy atom. The second-order valence-corrected chi connectivity index (χ2v) is 5.81. The van der Waals surface area contributed by atoms with Crippen LogP contribution in [-0.4, -0.2) is 40.0 Å². The van der Waals surface area contributed by atoms with Crippen molar-refractivity contribution in [3.05, 3.63) is 76.0 Å². The highest BCUT2D eigenvalue weighted by Crippen LogP contribution is 2.18. The van der Waals surface area contributed by atoms with Gasteiger partial charge in [-0.2, -0.15) is 5.10 Å². The van der Waals surface area contributed by atoms with Crippen LogP contribution in [0.3, 0.4) is 0 Å². The molecule has 0 aliphatic heterocycles. The summed E-state index contributed by atoms with van der Waals surface area (Å²) in [6.07, 6.45) is 2.59. The summed E-state index contributed by atoms with van der Waals surface area (Å²) in [7, 11) is 0. The van der Waals surface area contributed by atoms with E-state index >= 15 is 0 Å². The molecule has 0 saturated heterocycles. The second-order valence-electron chi connectivity index (χ2n) is 5.81. The average molecular weight is 379 g/mol. The third kappa shape index (κ3) is 4.39. The van der Waals surface area contributed by atoms with E-state index in [1.165, 1.54) is 18.2 Å². The van der Waals surface area contributed by atoms with E-state index in [4.69, 9.17) is 0 Å². The number of aromatic amines is 1. The Labute approximate surface area is 159 Å². The number of nitro benzene ring substituents is 1. The zero-order valence-corrected chi connectivity index (χ0v) is 14.7. The number of hydrogen-bond donors (Lipinski definition) is 3. The van der Waals surface area contributed by atoms with Crippen LogP contribution in [0.1, 0.15) is 16.1 Å². The van der Waals surface area contributed by atoms with Gasteiger partial charge < -0.3 is 10.6 Å². The van der Waals surface area contributed by atoms with E-state index < -0.39 is 10.8 Å². The predicted octanol–water partition coefficient (Wildman–Crippen LogP) is 2.03. The number of carbonyl (C=O) groups excluding carboxylic acids is 2. The highest BCUT2D eigenvalue weighted by molar-refractivity contribution is 6.04. The molecular weight excluding hydrogens is 362 g/mol. The van der Waals surface area contributed by atoms with Gasteiger partial charge in [0.05, 0.1) is 16.0 Å². The number of benzene rings is 2. The molecule has 9 nitrogen and oxygen atoms in total. The molecule has 2 amide bonds. The number of nitro groups is 1. The molecular formula is C19H17N5O4. The summed E-state index contributed by atoms with van der Waals surface area (Å²) in [5.74, 6) is -0.764. The van der Waals surface area contributed by atoms with Crippen LogP contribution in [0.4, 0.5) is 5.69 Å². The monoisotopic (exact) mass is 379 g/mol. The number of amides is 2. The van der Waals surface area contributed by atoms with Gasteiger partial charge in [0.1, 0.15) is 0 Å². The molecule has 0 fully saturated rings. The molecule has 9 heteroatoms. The minimum absolute atomic E-state index is 0.0787. The van der Waals surface area contributed by atoms with E-state index in [2.05, 4.69) is 20.8 Å². The first kappa shape index (κ1) is 18.8. The Hall–Kier alpha value is -4.01. The van der Waals surface area contributed by atoms with E-state index in [1.807, 2.05) is 18.2 Å². The molecule has 0 aliphatic carbocycles. The van der Waals surface area contributed by atoms with E-state index in [-0.39, 0.29) is 24.7 Å². The largest absolute Gasteiger partial charge is 0.351 e. The molecule has 0 unspecified atom stereocenters. The zero-order valence-electron chi connectivity index (χ0n) is 14.7. The van der Waals surface area contributed by atoms with Crippen molar-refractivity contribution < 1.29 is 14.5 Å². The molecule has 3 aromatic rings. The molecule has 0 aliphatic rings. The van der Waals surface area contributed by atoms with E-state index in [9.17, 15) is 19.7 Å². The number of para-hydroxylation sites is 2. The molecule has 0 saturated carbocycles. The molecule has 1 heterocycles. The van der Waals surface area contributed by atoms with Gasteiger partial charge in [-0.05, 0) is 18.2 Å². The van der Waals surface area contributed by atoms with Crippen LogP contribution in [0, 0.1) is 10.1 Å². The fourth-order valence-corrected chi connectivity index (χ4v) is 2.60. The molecule has 3 rings (SSSR count). The van der Waals surface area contributed by atoms with Crippen LogP contribution >= 0.6 is 0 Å². The van der Waals surface area contributed by atoms with Crippen molar-refractivity contribution in [1.82, 2.24) is 20.8 Å². The van der Waals surface area contributed by atoms with Gasteiger partial charge in [0.15, 0.2) is 5.69 Å². The van der Waals surface area contributed by atoms with Crippen molar-refractivity contribution in [3.63, 3.8) is 0 Å². The first-order chi connectivity index (χ1) is 13.6. The highest BCUT2D eigenvalue weighted by atomic mass is 16.6. The fraction of sp³-hybridized carbons (Fsp3) is 0.105. The lowest BCUT2D eigenvalue weighted by Crippen LogP contribution is -2.34. The van der Waals surface area contributed by atoms with Gasteiger partial charge in [-0.3, -0.25) is 24.8 Å². The van der Waals surface area contributed by atoms with Gasteiger partial charge in [0.25, 0.3) is 11.6 Å². The van der Waals surface area contributed by atoms with Gasteiger partial charge >= 0.3 is 0 Å². The maximum absolute atomic E-state index is 12.2. The minimum Gasteiger partial charge on any atom is -0.351 e. The van der Waals surface area contributed by atoms with Crippen molar-refractivity contribution in [3.8, 4) is 0 Å². The van der Waals surface area contributed by atoms with Crippen LogP contribution in [0.15, 0.2) is 54.6 Å². The van der Waals surface area contributed by atoms with Gasteiger partial charge in [-0.25, -0.2) is 0 Å². The molecule has 142 valence electrons. The Kier molecular flexibility index (Phi) is 5.75. The number of nitrogens with one attached hydrogen (secondary N) is 3. The fourth-order valence-electron chi connectivity index (χ4n) is 2.60. The molecule has 28 heavy (non-hydrogen) atoms. The number of aromatic nitrogens is 2. The quantitative estimate of drug-likeness (QED) is 0.250. The maximum atomic E-state index is 12.2. The summed E-state index contributed by atoms with van der Waals surface area (Å²) in [5.41, 5.74) is 1.31. The van der Waals surface area contributed by atoms with Crippen molar-refractivity contribution >= 4 is 34.5 Å². The van der Waals surface area contributed by atoms with Crippen LogP contribution < -0.4 is 10.6 Å². The Bertz CT molecular complexity index is 1060. The summed E-state index contributed by atoms with van der Waals surface area (Å²) >= 11 is 0. The first-order valence-corrected chi connectivity index (χ1v) is 8.47. The normalized spacial score (nSPS) is 10.9. The van der Waals surface area contributed by atoms with Gasteiger partial charge in [-0.1, -0.05) is 30.3 Å². The minimum atomic E-state index is -0.508. The summed E-state index contributed by atoms with van der Waals surface area (Å²) in [6.45, 7) is 0.416. The number of rotatable bonds is 7. The van der Waals surface area contributed by atoms with Crippen molar-refractivity contribution in [2.45, 2.75) is 0 Å². The molecule has 3 N–H and O–H groups in total. The Morgan fingerprint density at radius 1 is 1.07 bits per heavy atom. The SMILES string of the molecule is O=C(/C=C/c1ccccc1[N+](=O)[O-])NCCNC(=O)c1n[nH]c2ccccc12. The van der Waals surface area contributed by atoms with Gasteiger partial charge in [0, 0.05) is 30.6 Å². The zero-order chi connectivity index (χ0) is 19.9. The molecule has 0 bridgehead atoms. The number of hydrogen-bond acceptors (Lipinski definition) is 5. The van der Waals surface area contributed by atoms with Gasteiger partial charge in [-0.15, -0.1) is 0 Å². The summed E-state index contributed by atoms with van der Waals surface area (Å²) in [6, 6.07) is 13.4. The van der Waals surface area contributed by atoms with Crippen LogP contribution in [0.25, 0.3) is 17.0 Å². The highest BCUT2D eigenvalue weighted by Gasteiger charge is 2.13. The van der Waals surface area contributed by atoms with Crippen molar-refractivity contribution in [2.24, 2.45) is 0 Å². The molecule has 0 spiro atoms. The maximum Gasteiger partial charge on any atom is 0.276 e. The first-order valence-electron chi connectivity index (χ1n) is 8.47. The second kappa shape index (κ2) is 8.58. The van der Waals surface area contributed by atoms with Crippen molar-refractivity contribution in [1.29, 1.82) is 0 Å². The topological polar surface area (TPSA) is 130 Å². The van der Waals surface area contributed by atoms with Crippen molar-refractivity contribution in [2.75, 3.05) is 13.1 Å². The van der Waals surface area contributed by atoms with Crippen LogP contribution in [0.5, 0.6) is 0 Å². The third-order valence-electron chi connectivity index (χ3n) is 3.94. The lowest BCUT2D eigenvalue weighted by atomic mass is 10.1. The average Bonchev–Trinajstić information content (AvgIpc) is 3.14. The lowest BCUT2D eigenvalue weighted by molar-refractivity contribution is -0.385. The number of nitrogens with zero attached hydrogens (tertiary/aromatic N) is 2. The van der Waals surface area contributed by atoms with E-state index in [0.29, 0.717) is 11.3 Å². The Balaban J connectivity index is 1.48. The molecule has 1 aromatic heterocycles. The smallest absolute Gasteiger partial charge is 0.276 e. The number of H-pyrrole nitrogens is 1. The summed E-state index contributed by atoms with van der Waals surface area (Å²) in [5, 5.41) is 23.7. The summed E-state index contributed by atoms with van der Waals surface area (Å²) < 4.78 is 0. The lowest BCUT2D eigenvalue weighted by Gasteiger charge is -2.04.